The molecule has 16 heavy (non-hydrogen) atoms. The van der Waals surface area contributed by atoms with Crippen molar-refractivity contribution in [2.24, 2.45) is 11.3 Å². The van der Waals surface area contributed by atoms with Crippen LogP contribution < -0.4 is 0 Å². The van der Waals surface area contributed by atoms with E-state index in [2.05, 4.69) is 25.7 Å². The predicted molar refractivity (Wildman–Crippen MR) is 66.4 cm³/mol. The second-order valence-electron chi connectivity index (χ2n) is 6.32. The highest BCUT2D eigenvalue weighted by atomic mass is 16.1. The summed E-state index contributed by atoms with van der Waals surface area (Å²) < 4.78 is 0. The smallest absolute Gasteiger partial charge is 0.142 e. The van der Waals surface area contributed by atoms with Crippen LogP contribution in [0.3, 0.4) is 0 Å². The first-order valence-corrected chi connectivity index (χ1v) is 6.79. The Labute approximate surface area is 99.4 Å². The lowest BCUT2D eigenvalue weighted by Gasteiger charge is -2.36. The zero-order valence-corrected chi connectivity index (χ0v) is 11.0. The lowest BCUT2D eigenvalue weighted by atomic mass is 9.71. The molecule has 2 nitrogen and oxygen atoms in total. The summed E-state index contributed by atoms with van der Waals surface area (Å²) in [7, 11) is 0. The van der Waals surface area contributed by atoms with E-state index in [1.54, 1.807) is 0 Å². The van der Waals surface area contributed by atoms with Gasteiger partial charge in [-0.2, -0.15) is 0 Å². The summed E-state index contributed by atoms with van der Waals surface area (Å²) in [6, 6.07) is 0.692. The van der Waals surface area contributed by atoms with Gasteiger partial charge in [0, 0.05) is 23.9 Å². The summed E-state index contributed by atoms with van der Waals surface area (Å²) in [6.45, 7) is 8.75. The van der Waals surface area contributed by atoms with Gasteiger partial charge in [0.15, 0.2) is 0 Å². The summed E-state index contributed by atoms with van der Waals surface area (Å²) >= 11 is 0. The van der Waals surface area contributed by atoms with Gasteiger partial charge in [0.1, 0.15) is 5.78 Å². The first-order chi connectivity index (χ1) is 7.50. The predicted octanol–water partition coefficient (Wildman–Crippen LogP) is 2.87. The summed E-state index contributed by atoms with van der Waals surface area (Å²) in [5.74, 6) is 0.821. The molecule has 0 aromatic carbocycles. The van der Waals surface area contributed by atoms with Gasteiger partial charge < -0.3 is 0 Å². The van der Waals surface area contributed by atoms with E-state index >= 15 is 0 Å². The fourth-order valence-electron chi connectivity index (χ4n) is 3.32. The van der Waals surface area contributed by atoms with Gasteiger partial charge in [0.25, 0.3) is 0 Å². The van der Waals surface area contributed by atoms with Gasteiger partial charge in [0.05, 0.1) is 0 Å². The molecule has 1 saturated carbocycles. The molecule has 92 valence electrons. The second-order valence-corrected chi connectivity index (χ2v) is 6.32. The van der Waals surface area contributed by atoms with Crippen LogP contribution in [0.25, 0.3) is 0 Å². The average Bonchev–Trinajstić information content (AvgIpc) is 2.60. The van der Waals surface area contributed by atoms with Gasteiger partial charge in [-0.3, -0.25) is 9.69 Å². The van der Waals surface area contributed by atoms with Crippen LogP contribution in [-0.4, -0.2) is 29.8 Å². The molecule has 2 atom stereocenters. The van der Waals surface area contributed by atoms with Gasteiger partial charge in [0.2, 0.25) is 0 Å². The Morgan fingerprint density at radius 2 is 2.06 bits per heavy atom. The molecule has 1 heterocycles. The van der Waals surface area contributed by atoms with Crippen LogP contribution in [0.15, 0.2) is 0 Å². The zero-order valence-electron chi connectivity index (χ0n) is 11.0. The molecule has 1 aliphatic carbocycles. The topological polar surface area (TPSA) is 20.3 Å². The van der Waals surface area contributed by atoms with E-state index in [9.17, 15) is 4.79 Å². The molecule has 0 N–H and O–H groups in total. The number of likely N-dealkylation sites (tertiary alicyclic amines) is 1. The van der Waals surface area contributed by atoms with Crippen LogP contribution in [-0.2, 0) is 4.79 Å². The highest BCUT2D eigenvalue weighted by Gasteiger charge is 2.38. The minimum Gasteiger partial charge on any atom is -0.300 e. The molecule has 2 heteroatoms. The Hall–Kier alpha value is -0.370. The maximum absolute atomic E-state index is 12.3. The molecule has 0 aromatic heterocycles. The molecule has 1 saturated heterocycles. The number of nitrogens with zero attached hydrogens (tertiary/aromatic N) is 1. The highest BCUT2D eigenvalue weighted by Crippen LogP contribution is 2.36. The molecule has 2 aliphatic rings. The second kappa shape index (κ2) is 4.48. The van der Waals surface area contributed by atoms with Gasteiger partial charge >= 0.3 is 0 Å². The standard InChI is InChI=1S/C14H25NO/c1-11-6-5-9-15(11)10-12-7-4-8-14(2,3)13(12)16/h11-12H,4-10H2,1-3H3. The van der Waals surface area contributed by atoms with E-state index < -0.39 is 0 Å². The van der Waals surface area contributed by atoms with E-state index in [0.717, 1.165) is 19.4 Å². The van der Waals surface area contributed by atoms with E-state index in [-0.39, 0.29) is 5.41 Å². The molecule has 0 bridgehead atoms. The fraction of sp³-hybridized carbons (Fsp3) is 0.929. The van der Waals surface area contributed by atoms with Crippen molar-refractivity contribution >= 4 is 5.78 Å². The summed E-state index contributed by atoms with van der Waals surface area (Å²) in [4.78, 5) is 14.8. The Kier molecular flexibility index (Phi) is 3.39. The minimum absolute atomic E-state index is 0.0636. The van der Waals surface area contributed by atoms with Crippen LogP contribution in [0, 0.1) is 11.3 Å². The van der Waals surface area contributed by atoms with Gasteiger partial charge in [-0.15, -0.1) is 0 Å². The Bertz CT molecular complexity index is 272. The zero-order chi connectivity index (χ0) is 11.8. The van der Waals surface area contributed by atoms with E-state index in [1.807, 2.05) is 0 Å². The highest BCUT2D eigenvalue weighted by molar-refractivity contribution is 5.87. The van der Waals surface area contributed by atoms with Crippen molar-refractivity contribution in [1.29, 1.82) is 0 Å². The maximum atomic E-state index is 12.3. The number of Topliss-reactive ketones (excluding diaryl/α,β-unsaturated/α-hetero) is 1. The van der Waals surface area contributed by atoms with E-state index in [0.29, 0.717) is 17.7 Å². The quantitative estimate of drug-likeness (QED) is 0.717. The molecule has 0 radical (unpaired) electrons. The normalized spacial score (nSPS) is 35.6. The van der Waals surface area contributed by atoms with Gasteiger partial charge in [-0.05, 0) is 39.2 Å². The molecular weight excluding hydrogens is 198 g/mol. The molecule has 1 aliphatic heterocycles. The van der Waals surface area contributed by atoms with Crippen molar-refractivity contribution in [3.05, 3.63) is 0 Å². The molecule has 0 aromatic rings. The van der Waals surface area contributed by atoms with Gasteiger partial charge in [-0.1, -0.05) is 20.3 Å². The largest absolute Gasteiger partial charge is 0.300 e. The van der Waals surface area contributed by atoms with Crippen molar-refractivity contribution < 1.29 is 4.79 Å². The van der Waals surface area contributed by atoms with Crippen molar-refractivity contribution in [2.75, 3.05) is 13.1 Å². The Morgan fingerprint density at radius 1 is 1.31 bits per heavy atom. The van der Waals surface area contributed by atoms with Crippen molar-refractivity contribution in [2.45, 2.75) is 58.9 Å². The third-order valence-corrected chi connectivity index (χ3v) is 4.54. The molecule has 0 spiro atoms. The van der Waals surface area contributed by atoms with Crippen LogP contribution in [0.4, 0.5) is 0 Å². The van der Waals surface area contributed by atoms with Crippen molar-refractivity contribution in [1.82, 2.24) is 4.90 Å². The first kappa shape index (κ1) is 12.1. The maximum Gasteiger partial charge on any atom is 0.142 e. The summed E-state index contributed by atoms with van der Waals surface area (Å²) in [6.07, 6.45) is 6.05. The molecule has 2 rings (SSSR count). The first-order valence-electron chi connectivity index (χ1n) is 6.79. The number of rotatable bonds is 2. The summed E-state index contributed by atoms with van der Waals surface area (Å²) in [5.41, 5.74) is -0.0636. The SMILES string of the molecule is CC1CCCN1CC1CCCC(C)(C)C1=O. The van der Waals surface area contributed by atoms with Crippen LogP contribution >= 0.6 is 0 Å². The third-order valence-electron chi connectivity index (χ3n) is 4.54. The Morgan fingerprint density at radius 3 is 2.69 bits per heavy atom. The number of carbonyl (C=O) groups excluding carboxylic acids is 1. The lowest BCUT2D eigenvalue weighted by molar-refractivity contribution is -0.135. The minimum atomic E-state index is -0.0636. The van der Waals surface area contributed by atoms with Crippen LogP contribution in [0.5, 0.6) is 0 Å². The molecular formula is C14H25NO. The van der Waals surface area contributed by atoms with Crippen molar-refractivity contribution in [3.8, 4) is 0 Å². The third kappa shape index (κ3) is 2.32. The average molecular weight is 223 g/mol. The molecule has 2 fully saturated rings. The van der Waals surface area contributed by atoms with E-state index in [4.69, 9.17) is 0 Å². The number of hydrogen-bond donors (Lipinski definition) is 0. The lowest BCUT2D eigenvalue weighted by Crippen LogP contribution is -2.42. The Balaban J connectivity index is 1.96. The number of ketones is 1. The monoisotopic (exact) mass is 223 g/mol. The van der Waals surface area contributed by atoms with Gasteiger partial charge in [-0.25, -0.2) is 0 Å². The van der Waals surface area contributed by atoms with Crippen LogP contribution in [0.2, 0.25) is 0 Å². The summed E-state index contributed by atoms with van der Waals surface area (Å²) in [5, 5.41) is 0. The van der Waals surface area contributed by atoms with E-state index in [1.165, 1.54) is 25.8 Å². The van der Waals surface area contributed by atoms with Crippen molar-refractivity contribution in [3.63, 3.8) is 0 Å². The number of carbonyl (C=O) groups is 1. The van der Waals surface area contributed by atoms with Crippen LogP contribution in [0.1, 0.15) is 52.9 Å². The fourth-order valence-corrected chi connectivity index (χ4v) is 3.32. The molecule has 2 unspecified atom stereocenters. The molecule has 0 amide bonds. The number of hydrogen-bond acceptors (Lipinski definition) is 2.